The van der Waals surface area contributed by atoms with Gasteiger partial charge in [-0.3, -0.25) is 9.69 Å². The summed E-state index contributed by atoms with van der Waals surface area (Å²) in [5.41, 5.74) is 7.56. The van der Waals surface area contributed by atoms with Crippen molar-refractivity contribution in [2.45, 2.75) is 63.6 Å². The zero-order valence-electron chi connectivity index (χ0n) is 33.7. The first kappa shape index (κ1) is 41.7. The number of hydrogen-bond donors (Lipinski definition) is 2. The van der Waals surface area contributed by atoms with E-state index in [1.54, 1.807) is 25.4 Å². The Morgan fingerprint density at radius 3 is 2.34 bits per heavy atom. The molecule has 8 rings (SSSR count). The van der Waals surface area contributed by atoms with E-state index in [0.29, 0.717) is 59.4 Å². The zero-order chi connectivity index (χ0) is 42.5. The Bertz CT molecular complexity index is 2500. The average Bonchev–Trinajstić information content (AvgIpc) is 3.29. The summed E-state index contributed by atoms with van der Waals surface area (Å²) in [6, 6.07) is 36.7. The van der Waals surface area contributed by atoms with Gasteiger partial charge in [0.2, 0.25) is 11.8 Å². The molecule has 2 aliphatic heterocycles. The molecule has 4 atom stereocenters. The van der Waals surface area contributed by atoms with Gasteiger partial charge in [0.05, 0.1) is 23.2 Å². The molecule has 1 amide bonds. The molecule has 0 saturated heterocycles. The standard InChI is InChI=1S/C49H45Cl2N3O7/c1-3-42(33-7-5-4-6-8-33)54-27-37-25-45-44(60-29-46(61-45)34-14-16-38(17-15-34)59-28-31-11-18-39(50)40(51)21-31)24-36(37)23-43(54)48(55)53-41(49(56)57)22-30-9-12-32(13-10-30)35-19-20-52-47(26-35)58-2/h4-21,24-26,41-43,46H,3,22-23,27-29H2,1-2H3,(H,53,55)(H,56,57)/t41?,42-,43-,46+/m0/s1. The monoisotopic (exact) mass is 857 g/mol. The molecule has 2 N–H and O–H groups in total. The first-order valence-corrected chi connectivity index (χ1v) is 21.0. The minimum absolute atomic E-state index is 0.105. The van der Waals surface area contributed by atoms with Crippen LogP contribution in [-0.4, -0.2) is 52.7 Å². The summed E-state index contributed by atoms with van der Waals surface area (Å²) in [5, 5.41) is 14.3. The van der Waals surface area contributed by atoms with Gasteiger partial charge in [0.25, 0.3) is 0 Å². The van der Waals surface area contributed by atoms with Crippen molar-refractivity contribution in [3.63, 3.8) is 0 Å². The number of nitrogens with zero attached hydrogens (tertiary/aromatic N) is 2. The van der Waals surface area contributed by atoms with Gasteiger partial charge in [-0.15, -0.1) is 0 Å². The third-order valence-electron chi connectivity index (χ3n) is 11.3. The highest BCUT2D eigenvalue weighted by Crippen LogP contribution is 2.43. The van der Waals surface area contributed by atoms with Gasteiger partial charge >= 0.3 is 5.97 Å². The Kier molecular flexibility index (Phi) is 12.8. The van der Waals surface area contributed by atoms with Gasteiger partial charge in [-0.1, -0.05) is 103 Å². The van der Waals surface area contributed by atoms with Crippen LogP contribution >= 0.6 is 23.2 Å². The summed E-state index contributed by atoms with van der Waals surface area (Å²) in [7, 11) is 1.57. The third kappa shape index (κ3) is 9.62. The number of amides is 1. The van der Waals surface area contributed by atoms with Crippen molar-refractivity contribution >= 4 is 35.1 Å². The molecule has 3 heterocycles. The maximum absolute atomic E-state index is 14.4. The molecule has 0 fully saturated rings. The molecular formula is C49H45Cl2N3O7. The summed E-state index contributed by atoms with van der Waals surface area (Å²) in [4.78, 5) is 33.5. The number of carbonyl (C=O) groups is 2. The van der Waals surface area contributed by atoms with E-state index in [9.17, 15) is 14.7 Å². The molecule has 5 aromatic carbocycles. The Balaban J connectivity index is 0.989. The van der Waals surface area contributed by atoms with Crippen molar-refractivity contribution < 1.29 is 33.6 Å². The van der Waals surface area contributed by atoms with E-state index < -0.39 is 18.1 Å². The lowest BCUT2D eigenvalue weighted by molar-refractivity contribution is -0.143. The van der Waals surface area contributed by atoms with Crippen LogP contribution in [-0.2, 0) is 35.6 Å². The van der Waals surface area contributed by atoms with E-state index in [2.05, 4.69) is 34.3 Å². The number of rotatable bonds is 14. The summed E-state index contributed by atoms with van der Waals surface area (Å²) < 4.78 is 24.1. The highest BCUT2D eigenvalue weighted by atomic mass is 35.5. The number of halogens is 2. The maximum atomic E-state index is 14.4. The third-order valence-corrected chi connectivity index (χ3v) is 12.0. The van der Waals surface area contributed by atoms with Crippen molar-refractivity contribution in [2.75, 3.05) is 13.7 Å². The molecule has 2 aliphatic rings. The lowest BCUT2D eigenvalue weighted by Crippen LogP contribution is -2.55. The molecule has 0 spiro atoms. The number of carboxylic acids is 1. The van der Waals surface area contributed by atoms with Crippen LogP contribution in [0.4, 0.5) is 0 Å². The second-order valence-corrected chi connectivity index (χ2v) is 16.0. The summed E-state index contributed by atoms with van der Waals surface area (Å²) in [6.45, 7) is 3.20. The van der Waals surface area contributed by atoms with Crippen molar-refractivity contribution in [1.29, 1.82) is 0 Å². The van der Waals surface area contributed by atoms with Gasteiger partial charge in [0.1, 0.15) is 25.0 Å². The van der Waals surface area contributed by atoms with E-state index >= 15 is 0 Å². The molecule has 61 heavy (non-hydrogen) atoms. The van der Waals surface area contributed by atoms with Crippen LogP contribution in [0.1, 0.15) is 58.9 Å². The Morgan fingerprint density at radius 2 is 1.62 bits per heavy atom. The van der Waals surface area contributed by atoms with Crippen molar-refractivity contribution in [2.24, 2.45) is 0 Å². The zero-order valence-corrected chi connectivity index (χ0v) is 35.2. The second-order valence-electron chi connectivity index (χ2n) is 15.2. The first-order chi connectivity index (χ1) is 29.6. The number of methoxy groups -OCH3 is 1. The summed E-state index contributed by atoms with van der Waals surface area (Å²) in [5.74, 6) is 1.00. The largest absolute Gasteiger partial charge is 0.489 e. The number of carbonyl (C=O) groups excluding carboxylic acids is 1. The highest BCUT2D eigenvalue weighted by Gasteiger charge is 2.39. The van der Waals surface area contributed by atoms with Crippen LogP contribution < -0.4 is 24.3 Å². The Labute approximate surface area is 365 Å². The molecule has 0 radical (unpaired) electrons. The number of nitrogens with one attached hydrogen (secondary N) is 1. The normalized spacial score (nSPS) is 16.8. The molecule has 6 aromatic rings. The van der Waals surface area contributed by atoms with E-state index in [1.165, 1.54) is 0 Å². The minimum atomic E-state index is -1.14. The van der Waals surface area contributed by atoms with Crippen LogP contribution in [0.25, 0.3) is 11.1 Å². The smallest absolute Gasteiger partial charge is 0.326 e. The van der Waals surface area contributed by atoms with Gasteiger partial charge in [0, 0.05) is 31.3 Å². The second kappa shape index (κ2) is 18.7. The fraction of sp³-hybridized carbons (Fsp3) is 0.245. The highest BCUT2D eigenvalue weighted by molar-refractivity contribution is 6.42. The number of benzene rings is 5. The predicted octanol–water partition coefficient (Wildman–Crippen LogP) is 9.85. The fourth-order valence-corrected chi connectivity index (χ4v) is 8.38. The van der Waals surface area contributed by atoms with Crippen molar-refractivity contribution in [3.05, 3.63) is 171 Å². The van der Waals surface area contributed by atoms with Crippen LogP contribution in [0, 0.1) is 0 Å². The summed E-state index contributed by atoms with van der Waals surface area (Å²) >= 11 is 12.2. The number of hydrogen-bond acceptors (Lipinski definition) is 8. The van der Waals surface area contributed by atoms with E-state index in [1.807, 2.05) is 97.1 Å². The molecule has 10 nitrogen and oxygen atoms in total. The Morgan fingerprint density at radius 1 is 0.869 bits per heavy atom. The molecule has 0 saturated carbocycles. The predicted molar refractivity (Wildman–Crippen MR) is 235 cm³/mol. The quantitative estimate of drug-likeness (QED) is 0.110. The number of aromatic nitrogens is 1. The maximum Gasteiger partial charge on any atom is 0.326 e. The van der Waals surface area contributed by atoms with Gasteiger partial charge in [0.15, 0.2) is 17.6 Å². The van der Waals surface area contributed by atoms with Gasteiger partial charge in [-0.25, -0.2) is 9.78 Å². The fourth-order valence-electron chi connectivity index (χ4n) is 8.06. The number of fused-ring (bicyclic) bond motifs is 2. The Hall–Kier alpha value is -6.07. The van der Waals surface area contributed by atoms with Gasteiger partial charge in [-0.2, -0.15) is 0 Å². The first-order valence-electron chi connectivity index (χ1n) is 20.2. The lowest BCUT2D eigenvalue weighted by atomic mass is 9.89. The number of carboxylic acid groups (broad SMARTS) is 1. The topological polar surface area (TPSA) is 119 Å². The molecule has 1 aromatic heterocycles. The lowest BCUT2D eigenvalue weighted by Gasteiger charge is -2.42. The summed E-state index contributed by atoms with van der Waals surface area (Å²) in [6.07, 6.45) is 2.56. The van der Waals surface area contributed by atoms with Gasteiger partial charge in [-0.05, 0) is 99.8 Å². The molecule has 0 bridgehead atoms. The van der Waals surface area contributed by atoms with E-state index in [-0.39, 0.29) is 24.5 Å². The van der Waals surface area contributed by atoms with Gasteiger partial charge < -0.3 is 29.4 Å². The number of aliphatic carboxylic acids is 1. The number of ether oxygens (including phenoxy) is 4. The molecule has 0 aliphatic carbocycles. The van der Waals surface area contributed by atoms with Crippen LogP contribution in [0.3, 0.4) is 0 Å². The van der Waals surface area contributed by atoms with E-state index in [0.717, 1.165) is 50.9 Å². The van der Waals surface area contributed by atoms with Crippen molar-refractivity contribution in [1.82, 2.24) is 15.2 Å². The van der Waals surface area contributed by atoms with E-state index in [4.69, 9.17) is 42.1 Å². The minimum Gasteiger partial charge on any atom is -0.489 e. The molecule has 1 unspecified atom stereocenters. The average molecular weight is 859 g/mol. The SMILES string of the molecule is CC[C@@H](c1ccccc1)N1Cc2cc3c(cc2C[C@H]1C(=O)NC(Cc1ccc(-c2ccnc(OC)c2)cc1)C(=O)O)OC[C@H](c1ccc(OCc2ccc(Cl)c(Cl)c2)cc1)O3. The van der Waals surface area contributed by atoms with Crippen LogP contribution in [0.15, 0.2) is 128 Å². The molecular weight excluding hydrogens is 813 g/mol. The van der Waals surface area contributed by atoms with Crippen LogP contribution in [0.2, 0.25) is 10.0 Å². The number of pyridine rings is 1. The van der Waals surface area contributed by atoms with Crippen LogP contribution in [0.5, 0.6) is 23.1 Å². The van der Waals surface area contributed by atoms with Crippen molar-refractivity contribution in [3.8, 4) is 34.3 Å². The molecule has 312 valence electrons. The molecule has 12 heteroatoms.